The van der Waals surface area contributed by atoms with Gasteiger partial charge in [-0.2, -0.15) is 13.2 Å². The van der Waals surface area contributed by atoms with E-state index >= 15 is 0 Å². The van der Waals surface area contributed by atoms with E-state index in [1.807, 2.05) is 11.0 Å². The zero-order valence-electron chi connectivity index (χ0n) is 17.1. The summed E-state index contributed by atoms with van der Waals surface area (Å²) in [6.07, 6.45) is 1.48. The zero-order chi connectivity index (χ0) is 21.6. The van der Waals surface area contributed by atoms with E-state index in [0.29, 0.717) is 36.8 Å². The number of hydrogen-bond acceptors (Lipinski definition) is 3. The summed E-state index contributed by atoms with van der Waals surface area (Å²) >= 11 is 0. The van der Waals surface area contributed by atoms with E-state index in [1.165, 1.54) is 10.5 Å². The molecule has 1 aromatic carbocycles. The van der Waals surface area contributed by atoms with Crippen molar-refractivity contribution in [2.45, 2.75) is 50.7 Å². The molecule has 1 aliphatic heterocycles. The average Bonchev–Trinajstić information content (AvgIpc) is 3.47. The first kappa shape index (κ1) is 20.4. The number of fused-ring (bicyclic) bond motifs is 1. The van der Waals surface area contributed by atoms with E-state index in [9.17, 15) is 17.6 Å². The predicted molar refractivity (Wildman–Crippen MR) is 108 cm³/mol. The number of benzene rings is 1. The van der Waals surface area contributed by atoms with Gasteiger partial charge in [-0.15, -0.1) is 10.2 Å². The number of nitrogens with zero attached hydrogens (tertiary/aromatic N) is 4. The second-order valence-electron chi connectivity index (χ2n) is 8.74. The molecule has 1 saturated heterocycles. The van der Waals surface area contributed by atoms with Crippen molar-refractivity contribution >= 4 is 5.65 Å². The van der Waals surface area contributed by atoms with Crippen molar-refractivity contribution < 1.29 is 17.6 Å². The highest BCUT2D eigenvalue weighted by Gasteiger charge is 2.38. The van der Waals surface area contributed by atoms with Crippen LogP contribution >= 0.6 is 0 Å². The summed E-state index contributed by atoms with van der Waals surface area (Å²) in [6, 6.07) is 8.31. The van der Waals surface area contributed by atoms with Crippen LogP contribution in [0, 0.1) is 11.7 Å². The van der Waals surface area contributed by atoms with Crippen LogP contribution in [0.2, 0.25) is 0 Å². The Morgan fingerprint density at radius 2 is 1.71 bits per heavy atom. The fourth-order valence-electron chi connectivity index (χ4n) is 4.65. The van der Waals surface area contributed by atoms with Gasteiger partial charge in [0.05, 0.1) is 0 Å². The Kier molecular flexibility index (Phi) is 5.20. The van der Waals surface area contributed by atoms with Gasteiger partial charge in [-0.25, -0.2) is 4.39 Å². The lowest BCUT2D eigenvalue weighted by molar-refractivity contribution is -0.137. The topological polar surface area (TPSA) is 33.4 Å². The van der Waals surface area contributed by atoms with Crippen LogP contribution in [0.5, 0.6) is 0 Å². The number of aromatic nitrogens is 3. The maximum absolute atomic E-state index is 14.1. The molecule has 2 fully saturated rings. The first-order valence-electron chi connectivity index (χ1n) is 10.8. The Morgan fingerprint density at radius 3 is 2.39 bits per heavy atom. The van der Waals surface area contributed by atoms with E-state index in [2.05, 4.69) is 10.2 Å². The minimum Gasteiger partial charge on any atom is -0.299 e. The second-order valence-corrected chi connectivity index (χ2v) is 8.74. The molecule has 0 bridgehead atoms. The zero-order valence-corrected chi connectivity index (χ0v) is 17.1. The van der Waals surface area contributed by atoms with Gasteiger partial charge in [-0.1, -0.05) is 18.2 Å². The van der Waals surface area contributed by atoms with Gasteiger partial charge < -0.3 is 0 Å². The van der Waals surface area contributed by atoms with Crippen molar-refractivity contribution in [3.63, 3.8) is 0 Å². The van der Waals surface area contributed by atoms with Crippen LogP contribution in [-0.4, -0.2) is 32.6 Å². The van der Waals surface area contributed by atoms with Crippen molar-refractivity contribution in [1.82, 2.24) is 19.5 Å². The molecule has 31 heavy (non-hydrogen) atoms. The van der Waals surface area contributed by atoms with Gasteiger partial charge >= 0.3 is 6.18 Å². The number of rotatable bonds is 5. The van der Waals surface area contributed by atoms with Crippen molar-refractivity contribution in [2.24, 2.45) is 5.92 Å². The van der Waals surface area contributed by atoms with Crippen LogP contribution in [0.15, 0.2) is 36.5 Å². The largest absolute Gasteiger partial charge is 0.420 e. The van der Waals surface area contributed by atoms with Gasteiger partial charge in [0.15, 0.2) is 5.65 Å². The molecular formula is C23H24F4N4. The van der Waals surface area contributed by atoms with E-state index in [-0.39, 0.29) is 29.5 Å². The summed E-state index contributed by atoms with van der Waals surface area (Å²) in [4.78, 5) is 2.01. The molecule has 1 saturated carbocycles. The molecule has 8 heteroatoms. The molecule has 1 aliphatic carbocycles. The molecule has 0 amide bonds. The summed E-state index contributed by atoms with van der Waals surface area (Å²) in [5, 5.41) is 7.97. The molecule has 0 radical (unpaired) electrons. The van der Waals surface area contributed by atoms with Gasteiger partial charge in [0.1, 0.15) is 17.2 Å². The normalized spacial score (nSPS) is 18.7. The standard InChI is InChI=1S/C23H24F4N4/c24-19-4-2-1-3-18(19)16-7-10-30(11-8-16)14-17-9-12-31-20(13-15-5-6-15)28-29-22(31)21(17)23(25,26)27/h1-4,9,12,15-16H,5-8,10-11,13-14H2. The van der Waals surface area contributed by atoms with Crippen LogP contribution in [-0.2, 0) is 19.1 Å². The van der Waals surface area contributed by atoms with E-state index in [4.69, 9.17) is 0 Å². The molecule has 164 valence electrons. The van der Waals surface area contributed by atoms with Crippen LogP contribution in [0.25, 0.3) is 5.65 Å². The van der Waals surface area contributed by atoms with Crippen LogP contribution in [0.1, 0.15) is 54.1 Å². The van der Waals surface area contributed by atoms with Crippen molar-refractivity contribution in [1.29, 1.82) is 0 Å². The van der Waals surface area contributed by atoms with Gasteiger partial charge in [-0.05, 0) is 73.9 Å². The molecule has 0 unspecified atom stereocenters. The van der Waals surface area contributed by atoms with E-state index < -0.39 is 11.7 Å². The Bertz CT molecular complexity index is 1080. The Balaban J connectivity index is 1.36. The fraction of sp³-hybridized carbons (Fsp3) is 0.478. The molecule has 2 aliphatic rings. The maximum atomic E-state index is 14.1. The van der Waals surface area contributed by atoms with E-state index in [0.717, 1.165) is 25.7 Å². The Morgan fingerprint density at radius 1 is 0.968 bits per heavy atom. The average molecular weight is 432 g/mol. The number of alkyl halides is 3. The van der Waals surface area contributed by atoms with Crippen LogP contribution in [0.3, 0.4) is 0 Å². The van der Waals surface area contributed by atoms with Gasteiger partial charge in [-0.3, -0.25) is 9.30 Å². The lowest BCUT2D eigenvalue weighted by Crippen LogP contribution is -2.33. The van der Waals surface area contributed by atoms with Crippen molar-refractivity contribution in [2.75, 3.05) is 13.1 Å². The highest BCUT2D eigenvalue weighted by Crippen LogP contribution is 2.38. The molecular weight excluding hydrogens is 408 g/mol. The predicted octanol–water partition coefficient (Wildman–Crippen LogP) is 5.22. The monoisotopic (exact) mass is 432 g/mol. The third kappa shape index (κ3) is 4.18. The fourth-order valence-corrected chi connectivity index (χ4v) is 4.65. The van der Waals surface area contributed by atoms with E-state index in [1.54, 1.807) is 24.4 Å². The number of pyridine rings is 1. The first-order chi connectivity index (χ1) is 14.9. The van der Waals surface area contributed by atoms with Crippen molar-refractivity contribution in [3.8, 4) is 0 Å². The summed E-state index contributed by atoms with van der Waals surface area (Å²) in [5.41, 5.74) is 0.114. The number of likely N-dealkylation sites (tertiary alicyclic amines) is 1. The maximum Gasteiger partial charge on any atom is 0.420 e. The second kappa shape index (κ2) is 7.89. The Labute approximate surface area is 177 Å². The number of hydrogen-bond donors (Lipinski definition) is 0. The molecule has 0 N–H and O–H groups in total. The molecule has 4 nitrogen and oxygen atoms in total. The SMILES string of the molecule is Fc1ccccc1C1CCN(Cc2ccn3c(CC4CC4)nnc3c2C(F)(F)F)CC1. The minimum absolute atomic E-state index is 0.100. The number of halogens is 4. The van der Waals surface area contributed by atoms with Gasteiger partial charge in [0.2, 0.25) is 0 Å². The van der Waals surface area contributed by atoms with Gasteiger partial charge in [0, 0.05) is 19.2 Å². The highest BCUT2D eigenvalue weighted by molar-refractivity contribution is 5.53. The Hall–Kier alpha value is -2.48. The van der Waals surface area contributed by atoms with Gasteiger partial charge in [0.25, 0.3) is 0 Å². The lowest BCUT2D eigenvalue weighted by Gasteiger charge is -2.32. The molecule has 3 aromatic rings. The third-order valence-electron chi connectivity index (χ3n) is 6.51. The first-order valence-corrected chi connectivity index (χ1v) is 10.8. The molecule has 0 atom stereocenters. The minimum atomic E-state index is -4.51. The summed E-state index contributed by atoms with van der Waals surface area (Å²) in [5.74, 6) is 1.00. The summed E-state index contributed by atoms with van der Waals surface area (Å²) in [6.45, 7) is 1.45. The third-order valence-corrected chi connectivity index (χ3v) is 6.51. The molecule has 0 spiro atoms. The smallest absolute Gasteiger partial charge is 0.299 e. The lowest BCUT2D eigenvalue weighted by atomic mass is 9.89. The number of piperidine rings is 1. The molecule has 3 heterocycles. The summed E-state index contributed by atoms with van der Waals surface area (Å²) in [7, 11) is 0. The quantitative estimate of drug-likeness (QED) is 0.519. The molecule has 5 rings (SSSR count). The van der Waals surface area contributed by atoms with Crippen LogP contribution in [0.4, 0.5) is 17.6 Å². The highest BCUT2D eigenvalue weighted by atomic mass is 19.4. The summed E-state index contributed by atoms with van der Waals surface area (Å²) < 4.78 is 57.6. The van der Waals surface area contributed by atoms with Crippen molar-refractivity contribution in [3.05, 3.63) is 64.9 Å². The molecule has 2 aromatic heterocycles. The van der Waals surface area contributed by atoms with Crippen LogP contribution < -0.4 is 0 Å².